The molecule has 1 saturated heterocycles. The van der Waals surface area contributed by atoms with Crippen LogP contribution < -0.4 is 26.8 Å². The molecule has 2 aliphatic heterocycles. The number of rotatable bonds is 4. The number of pyridine rings is 1. The van der Waals surface area contributed by atoms with Crippen LogP contribution in [0.15, 0.2) is 59.5 Å². The van der Waals surface area contributed by atoms with E-state index in [4.69, 9.17) is 16.2 Å². The minimum Gasteiger partial charge on any atom is -0.453 e. The van der Waals surface area contributed by atoms with Crippen molar-refractivity contribution in [2.75, 3.05) is 26.2 Å². The average molecular weight is 450 g/mol. The number of aromatic amines is 1. The summed E-state index contributed by atoms with van der Waals surface area (Å²) < 4.78 is 20.8. The molecule has 0 spiro atoms. The maximum atomic E-state index is 15.0. The monoisotopic (exact) mass is 450 g/mol. The molecule has 1 fully saturated rings. The zero-order valence-corrected chi connectivity index (χ0v) is 17.6. The molecule has 2 aromatic heterocycles. The molecule has 4 heterocycles. The summed E-state index contributed by atoms with van der Waals surface area (Å²) in [6, 6.07) is 7.75. The number of guanidine groups is 1. The number of hydrogen-bond acceptors (Lipinski definition) is 8. The molecular weight excluding hydrogens is 427 g/mol. The molecule has 1 aromatic carbocycles. The first-order valence-corrected chi connectivity index (χ1v) is 10.5. The lowest BCUT2D eigenvalue weighted by atomic mass is 9.97. The van der Waals surface area contributed by atoms with Crippen LogP contribution in [0, 0.1) is 5.82 Å². The number of halogens is 1. The number of nitrogens with two attached hydrogens (primary N) is 2. The number of fused-ring (bicyclic) bond motifs is 1. The van der Waals surface area contributed by atoms with E-state index in [1.54, 1.807) is 35.5 Å². The summed E-state index contributed by atoms with van der Waals surface area (Å²) in [5, 5.41) is 6.70. The fourth-order valence-corrected chi connectivity index (χ4v) is 3.93. The number of carbonyl (C=O) groups excluding carboxylic acids is 1. The van der Waals surface area contributed by atoms with E-state index in [9.17, 15) is 4.79 Å². The highest BCUT2D eigenvalue weighted by Crippen LogP contribution is 2.33. The van der Waals surface area contributed by atoms with Gasteiger partial charge in [-0.25, -0.2) is 14.4 Å². The van der Waals surface area contributed by atoms with Gasteiger partial charge in [0.2, 0.25) is 0 Å². The van der Waals surface area contributed by atoms with Crippen molar-refractivity contribution in [3.05, 3.63) is 65.9 Å². The number of ether oxygens (including phenoxy) is 1. The smallest absolute Gasteiger partial charge is 0.270 e. The SMILES string of the molecule is NC1=NC(N)(c2ccc(Oc3ccnc4[nH]ccc34)c(F)c2)C=C(C(=O)N2CCNCC2)N1. The van der Waals surface area contributed by atoms with E-state index in [-0.39, 0.29) is 23.3 Å². The fourth-order valence-electron chi connectivity index (χ4n) is 3.93. The van der Waals surface area contributed by atoms with E-state index in [0.717, 1.165) is 5.39 Å². The summed E-state index contributed by atoms with van der Waals surface area (Å²) in [6.07, 6.45) is 4.77. The third-order valence-corrected chi connectivity index (χ3v) is 5.60. The summed E-state index contributed by atoms with van der Waals surface area (Å²) >= 11 is 0. The van der Waals surface area contributed by atoms with Gasteiger partial charge in [-0.15, -0.1) is 0 Å². The zero-order chi connectivity index (χ0) is 23.0. The third kappa shape index (κ3) is 3.99. The van der Waals surface area contributed by atoms with Gasteiger partial charge in [0.25, 0.3) is 5.91 Å². The van der Waals surface area contributed by atoms with Crippen LogP contribution in [0.4, 0.5) is 4.39 Å². The quantitative estimate of drug-likeness (QED) is 0.396. The van der Waals surface area contributed by atoms with Crippen LogP contribution in [0.25, 0.3) is 11.0 Å². The Bertz CT molecular complexity index is 1280. The topological polar surface area (TPSA) is 147 Å². The summed E-state index contributed by atoms with van der Waals surface area (Å²) in [5.74, 6) is -0.413. The Labute approximate surface area is 188 Å². The second kappa shape index (κ2) is 8.19. The van der Waals surface area contributed by atoms with E-state index in [1.807, 2.05) is 0 Å². The molecule has 1 atom stereocenters. The largest absolute Gasteiger partial charge is 0.453 e. The van der Waals surface area contributed by atoms with Gasteiger partial charge in [-0.1, -0.05) is 6.07 Å². The Hall–Kier alpha value is -3.96. The van der Waals surface area contributed by atoms with E-state index >= 15 is 4.39 Å². The molecular formula is C22H23FN8O2. The van der Waals surface area contributed by atoms with Crippen LogP contribution in [0.1, 0.15) is 5.56 Å². The molecule has 33 heavy (non-hydrogen) atoms. The molecule has 1 amide bonds. The number of aromatic nitrogens is 2. The van der Waals surface area contributed by atoms with E-state index in [0.29, 0.717) is 43.1 Å². The number of benzene rings is 1. The number of hydrogen-bond donors (Lipinski definition) is 5. The number of nitrogens with one attached hydrogen (secondary N) is 3. The number of amides is 1. The van der Waals surface area contributed by atoms with Crippen molar-refractivity contribution >= 4 is 22.9 Å². The van der Waals surface area contributed by atoms with Crippen molar-refractivity contribution in [3.8, 4) is 11.5 Å². The van der Waals surface area contributed by atoms with Crippen LogP contribution in [-0.2, 0) is 10.5 Å². The summed E-state index contributed by atoms with van der Waals surface area (Å²) in [5.41, 5.74) is 12.1. The molecule has 7 N–H and O–H groups in total. The van der Waals surface area contributed by atoms with Crippen molar-refractivity contribution in [2.45, 2.75) is 5.66 Å². The number of piperazine rings is 1. The van der Waals surface area contributed by atoms with Crippen molar-refractivity contribution < 1.29 is 13.9 Å². The van der Waals surface area contributed by atoms with E-state index in [2.05, 4.69) is 25.6 Å². The highest BCUT2D eigenvalue weighted by atomic mass is 19.1. The van der Waals surface area contributed by atoms with Crippen molar-refractivity contribution in [1.82, 2.24) is 25.5 Å². The Morgan fingerprint density at radius 3 is 2.79 bits per heavy atom. The normalized spacial score (nSPS) is 20.7. The van der Waals surface area contributed by atoms with Crippen molar-refractivity contribution in [2.24, 2.45) is 16.5 Å². The number of carbonyl (C=O) groups is 1. The Kier molecular flexibility index (Phi) is 5.19. The van der Waals surface area contributed by atoms with Gasteiger partial charge >= 0.3 is 0 Å². The first kappa shape index (κ1) is 20.9. The van der Waals surface area contributed by atoms with E-state index in [1.165, 1.54) is 18.2 Å². The minimum absolute atomic E-state index is 0.0167. The van der Waals surface area contributed by atoms with Crippen molar-refractivity contribution in [3.63, 3.8) is 0 Å². The van der Waals surface area contributed by atoms with Gasteiger partial charge in [-0.05, 0) is 30.3 Å². The first-order chi connectivity index (χ1) is 15.9. The number of H-pyrrole nitrogens is 1. The lowest BCUT2D eigenvalue weighted by molar-refractivity contribution is -0.128. The summed E-state index contributed by atoms with van der Waals surface area (Å²) in [4.78, 5) is 26.0. The minimum atomic E-state index is -1.52. The van der Waals surface area contributed by atoms with Gasteiger partial charge in [-0.3, -0.25) is 10.5 Å². The van der Waals surface area contributed by atoms with Gasteiger partial charge in [0.05, 0.1) is 5.39 Å². The van der Waals surface area contributed by atoms with Gasteiger partial charge in [0.1, 0.15) is 17.1 Å². The Balaban J connectivity index is 1.43. The first-order valence-electron chi connectivity index (χ1n) is 10.5. The molecule has 1 unspecified atom stereocenters. The fraction of sp³-hybridized carbons (Fsp3) is 0.227. The predicted octanol–water partition coefficient (Wildman–Crippen LogP) is 0.839. The van der Waals surface area contributed by atoms with Crippen LogP contribution in [-0.4, -0.2) is 52.9 Å². The lowest BCUT2D eigenvalue weighted by Gasteiger charge is -2.32. The summed E-state index contributed by atoms with van der Waals surface area (Å²) in [7, 11) is 0. The molecule has 170 valence electrons. The molecule has 3 aromatic rings. The molecule has 0 bridgehead atoms. The Morgan fingerprint density at radius 1 is 1.18 bits per heavy atom. The summed E-state index contributed by atoms with van der Waals surface area (Å²) in [6.45, 7) is 2.54. The second-order valence-corrected chi connectivity index (χ2v) is 7.84. The zero-order valence-electron chi connectivity index (χ0n) is 17.6. The van der Waals surface area contributed by atoms with Crippen LogP contribution in [0.2, 0.25) is 0 Å². The molecule has 0 aliphatic carbocycles. The van der Waals surface area contributed by atoms with Crippen LogP contribution in [0.5, 0.6) is 11.5 Å². The number of aliphatic imine (C=N–C) groups is 1. The highest BCUT2D eigenvalue weighted by Gasteiger charge is 2.33. The maximum Gasteiger partial charge on any atom is 0.270 e. The lowest BCUT2D eigenvalue weighted by Crippen LogP contribution is -2.52. The molecule has 5 rings (SSSR count). The van der Waals surface area contributed by atoms with E-state index < -0.39 is 11.5 Å². The Morgan fingerprint density at radius 2 is 2.00 bits per heavy atom. The standard InChI is InChI=1S/C22H23FN8O2/c23-15-11-13(1-2-18(15)33-17-4-6-28-19-14(17)3-5-27-19)22(25)12-16(29-21(24)30-22)20(32)31-9-7-26-8-10-31/h1-6,11-12,26H,7-10,25H2,(H,27,28)(H3,24,29,30). The molecule has 0 saturated carbocycles. The highest BCUT2D eigenvalue weighted by molar-refractivity contribution is 5.99. The molecule has 0 radical (unpaired) electrons. The second-order valence-electron chi connectivity index (χ2n) is 7.84. The van der Waals surface area contributed by atoms with Crippen LogP contribution in [0.3, 0.4) is 0 Å². The number of nitrogens with zero attached hydrogens (tertiary/aromatic N) is 3. The van der Waals surface area contributed by atoms with Gasteiger partial charge < -0.3 is 31.0 Å². The van der Waals surface area contributed by atoms with Crippen LogP contribution >= 0.6 is 0 Å². The average Bonchev–Trinajstić information content (AvgIpc) is 3.30. The van der Waals surface area contributed by atoms with Crippen molar-refractivity contribution in [1.29, 1.82) is 0 Å². The van der Waals surface area contributed by atoms with Gasteiger partial charge in [0, 0.05) is 44.1 Å². The van der Waals surface area contributed by atoms with Gasteiger partial charge in [0.15, 0.2) is 23.2 Å². The maximum absolute atomic E-state index is 15.0. The molecule has 10 nitrogen and oxygen atoms in total. The molecule has 2 aliphatic rings. The predicted molar refractivity (Wildman–Crippen MR) is 121 cm³/mol. The van der Waals surface area contributed by atoms with Gasteiger partial charge in [-0.2, -0.15) is 0 Å². The molecule has 11 heteroatoms. The third-order valence-electron chi connectivity index (χ3n) is 5.60.